The number of benzene rings is 2. The van der Waals surface area contributed by atoms with Gasteiger partial charge >= 0.3 is 5.97 Å². The van der Waals surface area contributed by atoms with E-state index >= 15 is 0 Å². The van der Waals surface area contributed by atoms with E-state index in [4.69, 9.17) is 29.0 Å². The maximum atomic E-state index is 13.1. The Bertz CT molecular complexity index is 2090. The van der Waals surface area contributed by atoms with E-state index in [1.54, 1.807) is 0 Å². The second-order valence-corrected chi connectivity index (χ2v) is 16.9. The Labute approximate surface area is 305 Å². The van der Waals surface area contributed by atoms with Gasteiger partial charge in [-0.15, -0.1) is 0 Å². The molecule has 272 valence electrons. The summed E-state index contributed by atoms with van der Waals surface area (Å²) < 4.78 is 21.7. The van der Waals surface area contributed by atoms with Crippen LogP contribution in [0.1, 0.15) is 72.6 Å². The number of carbonyl (C=O) groups is 2. The molecule has 12 heteroatoms. The summed E-state index contributed by atoms with van der Waals surface area (Å²) in [6.07, 6.45) is 3.19. The quantitative estimate of drug-likeness (QED) is 0.148. The summed E-state index contributed by atoms with van der Waals surface area (Å²) in [5.74, 6) is -1.36. The van der Waals surface area contributed by atoms with Crippen LogP contribution in [0.25, 0.3) is 32.8 Å². The molecular weight excluding hydrogens is 716 g/mol. The number of para-hydroxylation sites is 1. The van der Waals surface area contributed by atoms with Crippen LogP contribution in [-0.2, 0) is 40.6 Å². The smallest absolute Gasteiger partial charge is 0.308 e. The van der Waals surface area contributed by atoms with Crippen molar-refractivity contribution in [1.82, 2.24) is 14.9 Å². The lowest BCUT2D eigenvalue weighted by molar-refractivity contribution is -0.575. The van der Waals surface area contributed by atoms with E-state index in [-0.39, 0.29) is 41.9 Å². The molecule has 2 bridgehead atoms. The summed E-state index contributed by atoms with van der Waals surface area (Å²) in [6, 6.07) is 14.5. The number of pyridine rings is 1. The first-order valence-electron chi connectivity index (χ1n) is 18.2. The van der Waals surface area contributed by atoms with E-state index in [1.807, 2.05) is 32.0 Å². The predicted octanol–water partition coefficient (Wildman–Crippen LogP) is 6.90. The highest BCUT2D eigenvalue weighted by Crippen LogP contribution is 2.59. The average Bonchev–Trinajstić information content (AvgIpc) is 3.36. The van der Waals surface area contributed by atoms with Gasteiger partial charge in [-0.3, -0.25) is 14.6 Å². The molecule has 9 rings (SSSR count). The molecule has 1 saturated carbocycles. The average molecular weight is 764 g/mol. The van der Waals surface area contributed by atoms with E-state index in [2.05, 4.69) is 76.0 Å². The number of carbonyl (C=O) groups excluding carboxylic acids is 2. The molecule has 6 heterocycles. The van der Waals surface area contributed by atoms with Gasteiger partial charge in [-0.25, -0.2) is 9.78 Å². The molecule has 4 saturated heterocycles. The molecule has 2 N–H and O–H groups in total. The monoisotopic (exact) mass is 762 g/mol. The van der Waals surface area contributed by atoms with Gasteiger partial charge in [0.25, 0.3) is 0 Å². The van der Waals surface area contributed by atoms with Gasteiger partial charge in [0.1, 0.15) is 5.65 Å². The van der Waals surface area contributed by atoms with Crippen molar-refractivity contribution >= 4 is 60.6 Å². The first kappa shape index (κ1) is 34.8. The highest BCUT2D eigenvalue weighted by atomic mass is 79.9. The third kappa shape index (κ3) is 6.10. The Morgan fingerprint density at radius 3 is 2.78 bits per heavy atom. The fraction of sp³-hybridized carbons (Fsp3) is 0.564. The first-order valence-corrected chi connectivity index (χ1v) is 19.0. The van der Waals surface area contributed by atoms with Crippen LogP contribution in [0.4, 0.5) is 0 Å². The van der Waals surface area contributed by atoms with Crippen LogP contribution in [0.5, 0.6) is 0 Å². The van der Waals surface area contributed by atoms with E-state index in [9.17, 15) is 9.59 Å². The third-order valence-corrected chi connectivity index (χ3v) is 12.2. The molecular formula is C39H47BrN4O7. The lowest BCUT2D eigenvalue weighted by Gasteiger charge is -2.58. The van der Waals surface area contributed by atoms with E-state index < -0.39 is 29.9 Å². The zero-order chi connectivity index (χ0) is 35.7. The molecule has 4 aromatic rings. The summed E-state index contributed by atoms with van der Waals surface area (Å²) in [6.45, 7) is 8.96. The van der Waals surface area contributed by atoms with Gasteiger partial charge in [0, 0.05) is 71.0 Å². The van der Waals surface area contributed by atoms with Crippen LogP contribution in [0.2, 0.25) is 0 Å². The Morgan fingerprint density at radius 1 is 1.12 bits per heavy atom. The van der Waals surface area contributed by atoms with Crippen LogP contribution in [0.15, 0.2) is 51.9 Å². The van der Waals surface area contributed by atoms with Crippen LogP contribution < -0.4 is 10.7 Å². The van der Waals surface area contributed by atoms with Crippen molar-refractivity contribution in [3.63, 3.8) is 0 Å². The number of hydrogen-bond acceptors (Lipinski definition) is 8. The minimum absolute atomic E-state index is 0.0152. The normalized spacial score (nSPS) is 30.8. The fourth-order valence-corrected chi connectivity index (χ4v) is 9.23. The number of nitrogens with one attached hydrogen (secondary N) is 2. The Kier molecular flexibility index (Phi) is 8.85. The molecule has 5 aliphatic rings. The third-order valence-electron chi connectivity index (χ3n) is 11.7. The minimum atomic E-state index is -0.890. The van der Waals surface area contributed by atoms with Crippen molar-refractivity contribution in [2.24, 2.45) is 35.2 Å². The molecule has 1 spiro atoms. The van der Waals surface area contributed by atoms with E-state index in [1.165, 1.54) is 0 Å². The second-order valence-electron chi connectivity index (χ2n) is 16.0. The molecule has 11 nitrogen and oxygen atoms in total. The van der Waals surface area contributed by atoms with Gasteiger partial charge in [0.15, 0.2) is 11.9 Å². The van der Waals surface area contributed by atoms with Crippen LogP contribution in [0.3, 0.4) is 0 Å². The standard InChI is InChI=1S/C39H47BrN4O7/c1-22-27-11-8-9-23-17-18-38(4)49-36(39(23,27)51-50-38)48-35(22)47-31(46)16-15-30(45)41-20-37(2,3)21-42-33-26-19-24(40)13-14-29(26)44(5)34-32(33)25-10-6-7-12-28(25)43-34/h6-7,10,12-14,19,22-23,27,35-36,43H,8-9,11,15-18,20-21H2,1-5H3,(H,41,45)/t22-,23-,27+,35-,36-,38-,39-/m1/s1. The molecule has 7 atom stereocenters. The molecule has 0 unspecified atom stereocenters. The number of fused-ring (bicyclic) bond motifs is 6. The van der Waals surface area contributed by atoms with Crippen LogP contribution in [-0.4, -0.2) is 58.5 Å². The van der Waals surface area contributed by atoms with Gasteiger partial charge in [-0.2, -0.15) is 0 Å². The van der Waals surface area contributed by atoms with Crippen molar-refractivity contribution in [2.75, 3.05) is 13.1 Å². The maximum Gasteiger partial charge on any atom is 0.308 e. The van der Waals surface area contributed by atoms with Crippen molar-refractivity contribution < 1.29 is 33.6 Å². The highest BCUT2D eigenvalue weighted by molar-refractivity contribution is 9.10. The number of amides is 1. The lowest BCUT2D eigenvalue weighted by atomic mass is 9.61. The number of aromatic nitrogens is 2. The second kappa shape index (κ2) is 13.0. The molecule has 0 radical (unpaired) electrons. The zero-order valence-electron chi connectivity index (χ0n) is 29.9. The van der Waals surface area contributed by atoms with Gasteiger partial charge in [0.05, 0.1) is 22.7 Å². The number of hydrogen-bond donors (Lipinski definition) is 2. The van der Waals surface area contributed by atoms with Crippen molar-refractivity contribution in [1.29, 1.82) is 0 Å². The summed E-state index contributed by atoms with van der Waals surface area (Å²) in [5, 5.41) is 7.18. The van der Waals surface area contributed by atoms with Gasteiger partial charge in [-0.05, 0) is 56.4 Å². The number of rotatable bonds is 8. The Balaban J connectivity index is 0.915. The highest BCUT2D eigenvalue weighted by Gasteiger charge is 2.68. The number of halogens is 1. The number of ether oxygens (including phenoxy) is 3. The first-order chi connectivity index (χ1) is 24.4. The summed E-state index contributed by atoms with van der Waals surface area (Å²) in [4.78, 5) is 46.8. The molecule has 5 fully saturated rings. The molecule has 2 aromatic carbocycles. The number of aromatic amines is 1. The number of aryl methyl sites for hydroxylation is 1. The molecule has 1 aliphatic carbocycles. The Hall–Kier alpha value is -3.29. The van der Waals surface area contributed by atoms with Crippen molar-refractivity contribution in [3.8, 4) is 0 Å². The van der Waals surface area contributed by atoms with Crippen LogP contribution >= 0.6 is 15.9 Å². The zero-order valence-corrected chi connectivity index (χ0v) is 31.5. The maximum absolute atomic E-state index is 13.1. The van der Waals surface area contributed by atoms with Crippen molar-refractivity contribution in [2.45, 2.75) is 96.6 Å². The van der Waals surface area contributed by atoms with Gasteiger partial charge in [-0.1, -0.05) is 61.3 Å². The molecule has 51 heavy (non-hydrogen) atoms. The van der Waals surface area contributed by atoms with Gasteiger partial charge in [0.2, 0.25) is 18.0 Å². The van der Waals surface area contributed by atoms with Crippen LogP contribution in [0, 0.1) is 23.2 Å². The number of nitrogens with zero attached hydrogens (tertiary/aromatic N) is 2. The fourth-order valence-electron chi connectivity index (χ4n) is 8.87. The summed E-state index contributed by atoms with van der Waals surface area (Å²) in [7, 11) is 2.07. The SMILES string of the molecule is C[C@H]1[C@H](OC(=O)CCC(=O)NCC(C)(C)CN=c2c3cc(Br)ccc3n(C)c3[nH]c4ccccc4c23)O[C@@H]2O[C@@]3(C)CC[C@H]4CCC[C@@H]1[C@]42OO3. The molecule has 2 aromatic heterocycles. The van der Waals surface area contributed by atoms with Gasteiger partial charge < -0.3 is 29.1 Å². The minimum Gasteiger partial charge on any atom is -0.435 e. The van der Waals surface area contributed by atoms with E-state index in [0.717, 1.165) is 74.8 Å². The Morgan fingerprint density at radius 2 is 1.94 bits per heavy atom. The summed E-state index contributed by atoms with van der Waals surface area (Å²) >= 11 is 3.66. The topological polar surface area (TPSA) is 125 Å². The largest absolute Gasteiger partial charge is 0.435 e. The number of esters is 1. The summed E-state index contributed by atoms with van der Waals surface area (Å²) in [5.41, 5.74) is 2.07. The predicted molar refractivity (Wildman–Crippen MR) is 195 cm³/mol. The molecule has 1 amide bonds. The molecule has 4 aliphatic heterocycles. The lowest BCUT2D eigenvalue weighted by Crippen LogP contribution is -2.69. The van der Waals surface area contributed by atoms with E-state index in [0.29, 0.717) is 13.1 Å². The van der Waals surface area contributed by atoms with Crippen molar-refractivity contribution in [3.05, 3.63) is 52.3 Å². The number of H-pyrrole nitrogens is 1.